The summed E-state index contributed by atoms with van der Waals surface area (Å²) in [6.45, 7) is 3.74. The summed E-state index contributed by atoms with van der Waals surface area (Å²) in [6, 6.07) is 7.67. The fraction of sp³-hybridized carbons (Fsp3) is 0.462. The molecule has 1 aromatic rings. The van der Waals surface area contributed by atoms with Crippen molar-refractivity contribution >= 4 is 5.97 Å². The van der Waals surface area contributed by atoms with Crippen LogP contribution in [0.2, 0.25) is 0 Å². The van der Waals surface area contributed by atoms with E-state index in [1.165, 1.54) is 0 Å². The van der Waals surface area contributed by atoms with Crippen LogP contribution in [0.25, 0.3) is 0 Å². The van der Waals surface area contributed by atoms with E-state index < -0.39 is 0 Å². The molecule has 0 aromatic heterocycles. The standard InChI is InChI=1S/C13H17NO3/c1-2-16-12-6-4-3-5-10(12)9-14-11-7-8-17-13(11)15/h3-6,11,14H,2,7-9H2,1H3. The Morgan fingerprint density at radius 3 is 3.00 bits per heavy atom. The second-order valence-corrected chi connectivity index (χ2v) is 3.93. The average Bonchev–Trinajstić information content (AvgIpc) is 2.74. The fourth-order valence-corrected chi connectivity index (χ4v) is 1.86. The summed E-state index contributed by atoms with van der Waals surface area (Å²) in [5, 5.41) is 3.19. The zero-order valence-electron chi connectivity index (χ0n) is 9.94. The molecule has 1 heterocycles. The molecule has 1 aromatic carbocycles. The van der Waals surface area contributed by atoms with Crippen molar-refractivity contribution in [1.82, 2.24) is 5.32 Å². The largest absolute Gasteiger partial charge is 0.494 e. The Kier molecular flexibility index (Phi) is 3.98. The lowest BCUT2D eigenvalue weighted by Crippen LogP contribution is -2.32. The molecule has 4 nitrogen and oxygen atoms in total. The van der Waals surface area contributed by atoms with Crippen LogP contribution in [0.5, 0.6) is 5.75 Å². The first-order valence-electron chi connectivity index (χ1n) is 5.92. The Morgan fingerprint density at radius 1 is 1.47 bits per heavy atom. The molecule has 92 valence electrons. The number of benzene rings is 1. The highest BCUT2D eigenvalue weighted by molar-refractivity contribution is 5.77. The number of ether oxygens (including phenoxy) is 2. The summed E-state index contributed by atoms with van der Waals surface area (Å²) in [4.78, 5) is 11.3. The van der Waals surface area contributed by atoms with E-state index in [4.69, 9.17) is 9.47 Å². The zero-order valence-corrected chi connectivity index (χ0v) is 9.94. The summed E-state index contributed by atoms with van der Waals surface area (Å²) in [6.07, 6.45) is 0.746. The molecule has 0 aliphatic carbocycles. The van der Waals surface area contributed by atoms with Crippen molar-refractivity contribution in [3.63, 3.8) is 0 Å². The average molecular weight is 235 g/mol. The molecular weight excluding hydrogens is 218 g/mol. The highest BCUT2D eigenvalue weighted by Crippen LogP contribution is 2.18. The minimum Gasteiger partial charge on any atom is -0.494 e. The molecule has 17 heavy (non-hydrogen) atoms. The molecule has 1 N–H and O–H groups in total. The summed E-state index contributed by atoms with van der Waals surface area (Å²) < 4.78 is 10.4. The third-order valence-corrected chi connectivity index (χ3v) is 2.75. The van der Waals surface area contributed by atoms with E-state index in [1.54, 1.807) is 0 Å². The SMILES string of the molecule is CCOc1ccccc1CNC1CCOC1=O. The van der Waals surface area contributed by atoms with E-state index in [2.05, 4.69) is 5.32 Å². The topological polar surface area (TPSA) is 47.6 Å². The van der Waals surface area contributed by atoms with Gasteiger partial charge in [0.25, 0.3) is 0 Å². The molecule has 2 rings (SSSR count). The van der Waals surface area contributed by atoms with Gasteiger partial charge in [-0.1, -0.05) is 18.2 Å². The van der Waals surface area contributed by atoms with Crippen LogP contribution in [0, 0.1) is 0 Å². The highest BCUT2D eigenvalue weighted by atomic mass is 16.5. The summed E-state index contributed by atoms with van der Waals surface area (Å²) in [7, 11) is 0. The van der Waals surface area contributed by atoms with E-state index in [9.17, 15) is 4.79 Å². The van der Waals surface area contributed by atoms with Gasteiger partial charge >= 0.3 is 5.97 Å². The predicted octanol–water partition coefficient (Wildman–Crippen LogP) is 1.49. The zero-order chi connectivity index (χ0) is 12.1. The Bertz CT molecular complexity index is 392. The molecule has 1 aliphatic heterocycles. The van der Waals surface area contributed by atoms with Gasteiger partial charge in [0.15, 0.2) is 0 Å². The first kappa shape index (κ1) is 11.9. The normalized spacial score (nSPS) is 19.1. The highest BCUT2D eigenvalue weighted by Gasteiger charge is 2.25. The van der Waals surface area contributed by atoms with Gasteiger partial charge in [0, 0.05) is 18.5 Å². The molecule has 0 bridgehead atoms. The molecule has 1 aliphatic rings. The van der Waals surface area contributed by atoms with Crippen molar-refractivity contribution in [1.29, 1.82) is 0 Å². The summed E-state index contributed by atoms with van der Waals surface area (Å²) in [5.74, 6) is 0.716. The maximum atomic E-state index is 11.3. The second-order valence-electron chi connectivity index (χ2n) is 3.93. The molecule has 1 fully saturated rings. The Labute approximate surface area is 101 Å². The molecular formula is C13H17NO3. The molecule has 0 spiro atoms. The lowest BCUT2D eigenvalue weighted by Gasteiger charge is -2.12. The Morgan fingerprint density at radius 2 is 2.29 bits per heavy atom. The number of para-hydroxylation sites is 1. The number of cyclic esters (lactones) is 1. The lowest BCUT2D eigenvalue weighted by atomic mass is 10.1. The Balaban J connectivity index is 1.96. The first-order chi connectivity index (χ1) is 8.31. The van der Waals surface area contributed by atoms with Gasteiger partial charge < -0.3 is 14.8 Å². The van der Waals surface area contributed by atoms with Gasteiger partial charge in [0.1, 0.15) is 11.8 Å². The third kappa shape index (κ3) is 2.97. The van der Waals surface area contributed by atoms with Crippen LogP contribution in [-0.4, -0.2) is 25.2 Å². The summed E-state index contributed by atoms with van der Waals surface area (Å²) in [5.41, 5.74) is 1.06. The van der Waals surface area contributed by atoms with Crippen molar-refractivity contribution in [3.8, 4) is 5.75 Å². The van der Waals surface area contributed by atoms with Crippen molar-refractivity contribution in [2.24, 2.45) is 0 Å². The molecule has 0 radical (unpaired) electrons. The number of hydrogen-bond donors (Lipinski definition) is 1. The van der Waals surface area contributed by atoms with Crippen LogP contribution in [0.4, 0.5) is 0 Å². The van der Waals surface area contributed by atoms with Crippen LogP contribution in [0.1, 0.15) is 18.9 Å². The predicted molar refractivity (Wildman–Crippen MR) is 63.8 cm³/mol. The maximum absolute atomic E-state index is 11.3. The van der Waals surface area contributed by atoms with Gasteiger partial charge in [-0.2, -0.15) is 0 Å². The monoisotopic (exact) mass is 235 g/mol. The number of rotatable bonds is 5. The van der Waals surface area contributed by atoms with Crippen molar-refractivity contribution in [3.05, 3.63) is 29.8 Å². The second kappa shape index (κ2) is 5.68. The smallest absolute Gasteiger partial charge is 0.323 e. The van der Waals surface area contributed by atoms with E-state index in [1.807, 2.05) is 31.2 Å². The van der Waals surface area contributed by atoms with E-state index >= 15 is 0 Å². The van der Waals surface area contributed by atoms with Crippen LogP contribution in [0.15, 0.2) is 24.3 Å². The number of carbonyl (C=O) groups is 1. The van der Waals surface area contributed by atoms with E-state index in [-0.39, 0.29) is 12.0 Å². The van der Waals surface area contributed by atoms with Gasteiger partial charge in [0.05, 0.1) is 13.2 Å². The molecule has 0 saturated carbocycles. The Hall–Kier alpha value is -1.55. The van der Waals surface area contributed by atoms with E-state index in [0.717, 1.165) is 17.7 Å². The fourth-order valence-electron chi connectivity index (χ4n) is 1.86. The van der Waals surface area contributed by atoms with Gasteiger partial charge in [0.2, 0.25) is 0 Å². The maximum Gasteiger partial charge on any atom is 0.323 e. The first-order valence-corrected chi connectivity index (χ1v) is 5.92. The van der Waals surface area contributed by atoms with Crippen LogP contribution >= 0.6 is 0 Å². The number of nitrogens with one attached hydrogen (secondary N) is 1. The molecule has 0 amide bonds. The van der Waals surface area contributed by atoms with Gasteiger partial charge in [-0.15, -0.1) is 0 Å². The van der Waals surface area contributed by atoms with Crippen LogP contribution < -0.4 is 10.1 Å². The summed E-state index contributed by atoms with van der Waals surface area (Å²) >= 11 is 0. The third-order valence-electron chi connectivity index (χ3n) is 2.75. The van der Waals surface area contributed by atoms with Gasteiger partial charge in [-0.25, -0.2) is 0 Å². The van der Waals surface area contributed by atoms with Gasteiger partial charge in [-0.3, -0.25) is 4.79 Å². The quantitative estimate of drug-likeness (QED) is 0.785. The van der Waals surface area contributed by atoms with Crippen molar-refractivity contribution in [2.45, 2.75) is 25.9 Å². The lowest BCUT2D eigenvalue weighted by molar-refractivity contribution is -0.139. The van der Waals surface area contributed by atoms with Crippen molar-refractivity contribution < 1.29 is 14.3 Å². The molecule has 1 atom stereocenters. The minimum absolute atomic E-state index is 0.154. The number of hydrogen-bond acceptors (Lipinski definition) is 4. The van der Waals surface area contributed by atoms with E-state index in [0.29, 0.717) is 19.8 Å². The van der Waals surface area contributed by atoms with Gasteiger partial charge in [-0.05, 0) is 13.0 Å². The molecule has 4 heteroatoms. The van der Waals surface area contributed by atoms with Crippen LogP contribution in [0.3, 0.4) is 0 Å². The molecule has 1 saturated heterocycles. The van der Waals surface area contributed by atoms with Crippen molar-refractivity contribution in [2.75, 3.05) is 13.2 Å². The molecule has 1 unspecified atom stereocenters. The number of esters is 1. The minimum atomic E-state index is -0.176. The number of carbonyl (C=O) groups excluding carboxylic acids is 1. The van der Waals surface area contributed by atoms with Crippen LogP contribution in [-0.2, 0) is 16.1 Å².